The molecule has 0 bridgehead atoms. The zero-order valence-corrected chi connectivity index (χ0v) is 14.6. The summed E-state index contributed by atoms with van der Waals surface area (Å²) >= 11 is 0. The Labute approximate surface area is 153 Å². The van der Waals surface area contributed by atoms with E-state index in [2.05, 4.69) is 42.5 Å². The third kappa shape index (κ3) is 3.39. The number of pyridine rings is 1. The fourth-order valence-electron chi connectivity index (χ4n) is 2.69. The van der Waals surface area contributed by atoms with E-state index in [1.54, 1.807) is 30.5 Å². The van der Waals surface area contributed by atoms with Crippen LogP contribution in [0.4, 0.5) is 0 Å². The molecular weight excluding hydrogens is 346 g/mol. The van der Waals surface area contributed by atoms with Gasteiger partial charge in [-0.15, -0.1) is 10.2 Å². The van der Waals surface area contributed by atoms with E-state index >= 15 is 0 Å². The number of aromatic amines is 2. The van der Waals surface area contributed by atoms with E-state index in [9.17, 15) is 4.79 Å². The lowest BCUT2D eigenvalue weighted by atomic mass is 10.1. The molecule has 0 fully saturated rings. The zero-order valence-electron chi connectivity index (χ0n) is 14.6. The lowest BCUT2D eigenvalue weighted by Crippen LogP contribution is -2.11. The Balaban J connectivity index is 1.76. The fourth-order valence-corrected chi connectivity index (χ4v) is 2.69. The zero-order chi connectivity index (χ0) is 18.6. The average Bonchev–Trinajstić information content (AvgIpc) is 3.23. The van der Waals surface area contributed by atoms with Crippen molar-refractivity contribution in [1.82, 2.24) is 35.6 Å². The molecule has 0 aliphatic heterocycles. The van der Waals surface area contributed by atoms with Crippen LogP contribution in [-0.2, 0) is 0 Å². The molecule has 0 aliphatic rings. The monoisotopic (exact) mass is 363 g/mol. The smallest absolute Gasteiger partial charge is 0.259 e. The van der Waals surface area contributed by atoms with E-state index in [1.165, 1.54) is 0 Å². The molecule has 9 nitrogen and oxygen atoms in total. The van der Waals surface area contributed by atoms with E-state index in [4.69, 9.17) is 4.74 Å². The highest BCUT2D eigenvalue weighted by atomic mass is 16.5. The van der Waals surface area contributed by atoms with Crippen LogP contribution >= 0.6 is 0 Å². The summed E-state index contributed by atoms with van der Waals surface area (Å²) in [5.41, 5.74) is 1.46. The molecule has 3 heterocycles. The van der Waals surface area contributed by atoms with Crippen molar-refractivity contribution in [3.8, 4) is 28.7 Å². The Kier molecular flexibility index (Phi) is 4.56. The van der Waals surface area contributed by atoms with Crippen LogP contribution in [0.25, 0.3) is 33.8 Å². The summed E-state index contributed by atoms with van der Waals surface area (Å²) in [5, 5.41) is 14.2. The van der Waals surface area contributed by atoms with Crippen molar-refractivity contribution >= 4 is 10.9 Å². The predicted molar refractivity (Wildman–Crippen MR) is 99.2 cm³/mol. The van der Waals surface area contributed by atoms with Crippen LogP contribution in [0.15, 0.2) is 41.3 Å². The Bertz CT molecular complexity index is 1120. The van der Waals surface area contributed by atoms with Crippen molar-refractivity contribution in [2.75, 3.05) is 6.61 Å². The van der Waals surface area contributed by atoms with Gasteiger partial charge in [0.1, 0.15) is 11.4 Å². The van der Waals surface area contributed by atoms with Crippen molar-refractivity contribution < 1.29 is 4.74 Å². The number of rotatable bonds is 6. The van der Waals surface area contributed by atoms with Gasteiger partial charge < -0.3 is 9.72 Å². The van der Waals surface area contributed by atoms with Gasteiger partial charge in [0, 0.05) is 11.8 Å². The number of tetrazole rings is 1. The van der Waals surface area contributed by atoms with E-state index in [0.717, 1.165) is 12.8 Å². The molecule has 0 atom stereocenters. The van der Waals surface area contributed by atoms with Crippen LogP contribution < -0.4 is 10.3 Å². The second kappa shape index (κ2) is 7.32. The van der Waals surface area contributed by atoms with Gasteiger partial charge in [-0.05, 0) is 42.0 Å². The Morgan fingerprint density at radius 3 is 2.96 bits per heavy atom. The second-order valence-corrected chi connectivity index (χ2v) is 5.93. The van der Waals surface area contributed by atoms with Gasteiger partial charge in [0.15, 0.2) is 5.82 Å². The first-order valence-electron chi connectivity index (χ1n) is 8.62. The van der Waals surface area contributed by atoms with Gasteiger partial charge in [-0.25, -0.2) is 9.97 Å². The van der Waals surface area contributed by atoms with Crippen LogP contribution in [0.3, 0.4) is 0 Å². The first-order chi connectivity index (χ1) is 13.3. The SMILES string of the molecule is CCCCOc1cccnc1-c1nc2ccc(-c3nn[nH]n3)cc2c(=O)[nH]1. The quantitative estimate of drug-likeness (QED) is 0.504. The minimum atomic E-state index is -0.273. The predicted octanol–water partition coefficient (Wildman–Crippen LogP) is 2.34. The van der Waals surface area contributed by atoms with Crippen LogP contribution in [0.5, 0.6) is 5.75 Å². The number of hydrogen-bond donors (Lipinski definition) is 2. The van der Waals surface area contributed by atoms with Crippen molar-refractivity contribution in [3.05, 3.63) is 46.9 Å². The molecule has 0 saturated heterocycles. The van der Waals surface area contributed by atoms with E-state index in [-0.39, 0.29) is 5.56 Å². The molecule has 3 aromatic heterocycles. The number of nitrogens with zero attached hydrogens (tertiary/aromatic N) is 5. The number of unbranched alkanes of at least 4 members (excludes halogenated alkanes) is 1. The minimum absolute atomic E-state index is 0.273. The van der Waals surface area contributed by atoms with Gasteiger partial charge in [-0.1, -0.05) is 13.3 Å². The summed E-state index contributed by atoms with van der Waals surface area (Å²) in [7, 11) is 0. The highest BCUT2D eigenvalue weighted by Gasteiger charge is 2.13. The number of nitrogens with one attached hydrogen (secondary N) is 2. The largest absolute Gasteiger partial charge is 0.491 e. The Morgan fingerprint density at radius 2 is 2.15 bits per heavy atom. The lowest BCUT2D eigenvalue weighted by Gasteiger charge is -2.10. The van der Waals surface area contributed by atoms with E-state index in [0.29, 0.717) is 46.2 Å². The molecule has 0 radical (unpaired) electrons. The molecule has 0 aliphatic carbocycles. The summed E-state index contributed by atoms with van der Waals surface area (Å²) in [6.07, 6.45) is 3.61. The van der Waals surface area contributed by atoms with Crippen molar-refractivity contribution in [1.29, 1.82) is 0 Å². The van der Waals surface area contributed by atoms with Gasteiger partial charge in [-0.2, -0.15) is 5.21 Å². The van der Waals surface area contributed by atoms with Crippen LogP contribution in [0.1, 0.15) is 19.8 Å². The Morgan fingerprint density at radius 1 is 1.22 bits per heavy atom. The maximum Gasteiger partial charge on any atom is 0.259 e. The minimum Gasteiger partial charge on any atom is -0.491 e. The highest BCUT2D eigenvalue weighted by molar-refractivity contribution is 5.83. The number of H-pyrrole nitrogens is 2. The molecule has 1 aromatic carbocycles. The maximum atomic E-state index is 12.6. The number of aromatic nitrogens is 7. The first kappa shape index (κ1) is 16.8. The third-order valence-corrected chi connectivity index (χ3v) is 4.06. The number of benzene rings is 1. The summed E-state index contributed by atoms with van der Waals surface area (Å²) in [6, 6.07) is 8.84. The normalized spacial score (nSPS) is 11.0. The van der Waals surface area contributed by atoms with Crippen LogP contribution in [0, 0.1) is 0 Å². The highest BCUT2D eigenvalue weighted by Crippen LogP contribution is 2.26. The van der Waals surface area contributed by atoms with Crippen LogP contribution in [0.2, 0.25) is 0 Å². The number of hydrogen-bond acceptors (Lipinski definition) is 7. The van der Waals surface area contributed by atoms with Crippen molar-refractivity contribution in [3.63, 3.8) is 0 Å². The topological polar surface area (TPSA) is 122 Å². The fraction of sp³-hybridized carbons (Fsp3) is 0.222. The Hall–Kier alpha value is -3.62. The first-order valence-corrected chi connectivity index (χ1v) is 8.62. The molecule has 0 saturated carbocycles. The molecule has 4 rings (SSSR count). The van der Waals surface area contributed by atoms with Gasteiger partial charge in [-0.3, -0.25) is 4.79 Å². The van der Waals surface area contributed by atoms with Gasteiger partial charge in [0.25, 0.3) is 5.56 Å². The van der Waals surface area contributed by atoms with Crippen molar-refractivity contribution in [2.45, 2.75) is 19.8 Å². The van der Waals surface area contributed by atoms with E-state index < -0.39 is 0 Å². The molecule has 0 spiro atoms. The van der Waals surface area contributed by atoms with E-state index in [1.807, 2.05) is 6.07 Å². The summed E-state index contributed by atoms with van der Waals surface area (Å²) in [4.78, 5) is 24.3. The number of fused-ring (bicyclic) bond motifs is 1. The van der Waals surface area contributed by atoms with Gasteiger partial charge in [0.05, 0.1) is 17.5 Å². The lowest BCUT2D eigenvalue weighted by molar-refractivity contribution is 0.309. The molecule has 4 aromatic rings. The molecule has 2 N–H and O–H groups in total. The van der Waals surface area contributed by atoms with Crippen molar-refractivity contribution in [2.24, 2.45) is 0 Å². The molecule has 0 amide bonds. The molecule has 0 unspecified atom stereocenters. The van der Waals surface area contributed by atoms with Gasteiger partial charge in [0.2, 0.25) is 5.82 Å². The standard InChI is InChI=1S/C18H17N7O2/c1-2-3-9-27-14-5-4-8-19-15(14)17-20-13-7-6-11(16-22-24-25-23-16)10-12(13)18(26)21-17/h4-8,10H,2-3,9H2,1H3,(H,20,21,26)(H,22,23,24,25). The summed E-state index contributed by atoms with van der Waals surface area (Å²) < 4.78 is 5.80. The van der Waals surface area contributed by atoms with Gasteiger partial charge >= 0.3 is 0 Å². The molecular formula is C18H17N7O2. The summed E-state index contributed by atoms with van der Waals surface area (Å²) in [5.74, 6) is 1.38. The number of ether oxygens (including phenoxy) is 1. The molecule has 136 valence electrons. The van der Waals surface area contributed by atoms with Crippen LogP contribution in [-0.4, -0.2) is 42.2 Å². The second-order valence-electron chi connectivity index (χ2n) is 5.93. The maximum absolute atomic E-state index is 12.6. The molecule has 27 heavy (non-hydrogen) atoms. The summed E-state index contributed by atoms with van der Waals surface area (Å²) in [6.45, 7) is 2.68. The average molecular weight is 363 g/mol. The third-order valence-electron chi connectivity index (χ3n) is 4.06. The molecule has 9 heteroatoms.